The third-order valence-electron chi connectivity index (χ3n) is 1.09. The number of halogens is 1. The van der Waals surface area contributed by atoms with Crippen molar-refractivity contribution in [1.82, 2.24) is 0 Å². The van der Waals surface area contributed by atoms with Crippen LogP contribution in [0.1, 0.15) is 6.92 Å². The average Bonchev–Trinajstić information content (AvgIpc) is 2.13. The van der Waals surface area contributed by atoms with E-state index in [0.717, 1.165) is 0 Å². The molecule has 9 heavy (non-hydrogen) atoms. The monoisotopic (exact) mass is 134 g/mol. The van der Waals surface area contributed by atoms with E-state index < -0.39 is 18.8 Å². The molecule has 52 valence electrons. The molecule has 3 unspecified atom stereocenters. The second kappa shape index (κ2) is 2.41. The summed E-state index contributed by atoms with van der Waals surface area (Å²) in [5.74, 6) is 0. The van der Waals surface area contributed by atoms with Gasteiger partial charge in [0.1, 0.15) is 6.10 Å². The van der Waals surface area contributed by atoms with Gasteiger partial charge in [0, 0.05) is 0 Å². The van der Waals surface area contributed by atoms with Crippen molar-refractivity contribution in [3.05, 3.63) is 0 Å². The van der Waals surface area contributed by atoms with E-state index in [1.165, 1.54) is 6.92 Å². The van der Waals surface area contributed by atoms with Gasteiger partial charge >= 0.3 is 0 Å². The zero-order valence-electron chi connectivity index (χ0n) is 4.91. The van der Waals surface area contributed by atoms with Crippen molar-refractivity contribution in [2.45, 2.75) is 25.7 Å². The molecule has 0 aromatic rings. The zero-order chi connectivity index (χ0) is 6.85. The molecule has 0 amide bonds. The van der Waals surface area contributed by atoms with Gasteiger partial charge in [0.2, 0.25) is 12.6 Å². The van der Waals surface area contributed by atoms with Crippen LogP contribution in [0.5, 0.6) is 0 Å². The van der Waals surface area contributed by atoms with Crippen LogP contribution in [0.25, 0.3) is 0 Å². The molecule has 0 aromatic carbocycles. The minimum Gasteiger partial charge on any atom is -0.337 e. The van der Waals surface area contributed by atoms with Crippen molar-refractivity contribution in [2.24, 2.45) is 0 Å². The van der Waals surface area contributed by atoms with Gasteiger partial charge in [0.15, 0.2) is 6.29 Å². The number of ether oxygens (including phenoxy) is 2. The molecule has 4 heteroatoms. The molecule has 0 radical (unpaired) electrons. The van der Waals surface area contributed by atoms with Crippen LogP contribution >= 0.6 is 0 Å². The van der Waals surface area contributed by atoms with Crippen LogP contribution in [0, 0.1) is 0 Å². The lowest BCUT2D eigenvalue weighted by atomic mass is 10.4. The molecular formula is C5H7FO3. The second-order valence-electron chi connectivity index (χ2n) is 1.83. The molecule has 1 aliphatic rings. The summed E-state index contributed by atoms with van der Waals surface area (Å²) in [6.45, 7) is 1.51. The first-order valence-electron chi connectivity index (χ1n) is 2.64. The van der Waals surface area contributed by atoms with Crippen molar-refractivity contribution in [3.63, 3.8) is 0 Å². The molecule has 1 fully saturated rings. The molecule has 1 aliphatic heterocycles. The zero-order valence-corrected chi connectivity index (χ0v) is 4.91. The van der Waals surface area contributed by atoms with Gasteiger partial charge < -0.3 is 9.47 Å². The van der Waals surface area contributed by atoms with E-state index in [2.05, 4.69) is 9.47 Å². The van der Waals surface area contributed by atoms with E-state index in [-0.39, 0.29) is 0 Å². The normalized spacial score (nSPS) is 43.1. The van der Waals surface area contributed by atoms with Crippen molar-refractivity contribution < 1.29 is 18.7 Å². The second-order valence-corrected chi connectivity index (χ2v) is 1.83. The smallest absolute Gasteiger partial charge is 0.227 e. The molecule has 0 aromatic heterocycles. The summed E-state index contributed by atoms with van der Waals surface area (Å²) in [5, 5.41) is 0. The Labute approximate surface area is 51.7 Å². The molecule has 1 rings (SSSR count). The van der Waals surface area contributed by atoms with Gasteiger partial charge in [-0.2, -0.15) is 0 Å². The van der Waals surface area contributed by atoms with Crippen LogP contribution in [0.2, 0.25) is 0 Å². The van der Waals surface area contributed by atoms with E-state index in [4.69, 9.17) is 0 Å². The molecule has 0 spiro atoms. The highest BCUT2D eigenvalue weighted by atomic mass is 19.1. The molecule has 0 saturated carbocycles. The largest absolute Gasteiger partial charge is 0.337 e. The highest BCUT2D eigenvalue weighted by Gasteiger charge is 2.32. The van der Waals surface area contributed by atoms with Crippen molar-refractivity contribution >= 4 is 6.29 Å². The fraction of sp³-hybridized carbons (Fsp3) is 0.800. The Morgan fingerprint density at radius 3 is 2.44 bits per heavy atom. The minimum atomic E-state index is -1.46. The van der Waals surface area contributed by atoms with E-state index in [0.29, 0.717) is 6.29 Å². The van der Waals surface area contributed by atoms with Crippen LogP contribution in [-0.4, -0.2) is 25.0 Å². The average molecular weight is 134 g/mol. The third kappa shape index (κ3) is 1.25. The topological polar surface area (TPSA) is 35.5 Å². The molecule has 3 atom stereocenters. The lowest BCUT2D eigenvalue weighted by molar-refractivity contribution is -0.137. The van der Waals surface area contributed by atoms with Crippen molar-refractivity contribution in [2.75, 3.05) is 0 Å². The first-order valence-corrected chi connectivity index (χ1v) is 2.64. The number of aldehydes is 1. The summed E-state index contributed by atoms with van der Waals surface area (Å²) >= 11 is 0. The Morgan fingerprint density at radius 1 is 1.56 bits per heavy atom. The predicted molar refractivity (Wildman–Crippen MR) is 26.4 cm³/mol. The van der Waals surface area contributed by atoms with E-state index >= 15 is 0 Å². The maximum atomic E-state index is 12.2. The van der Waals surface area contributed by atoms with Crippen molar-refractivity contribution in [1.29, 1.82) is 0 Å². The highest BCUT2D eigenvalue weighted by Crippen LogP contribution is 2.17. The van der Waals surface area contributed by atoms with Crippen LogP contribution in [0.4, 0.5) is 4.39 Å². The van der Waals surface area contributed by atoms with Gasteiger partial charge in [0.25, 0.3) is 0 Å². The SMILES string of the molecule is CC1OC(C=O)OC1F. The molecule has 1 saturated heterocycles. The third-order valence-corrected chi connectivity index (χ3v) is 1.09. The number of rotatable bonds is 1. The number of alkyl halides is 1. The standard InChI is InChI=1S/C5H7FO3/c1-3-5(6)9-4(2-7)8-3/h2-5H,1H3. The highest BCUT2D eigenvalue weighted by molar-refractivity contribution is 5.54. The minimum absolute atomic E-state index is 0.427. The first kappa shape index (κ1) is 6.64. The molecule has 0 aliphatic carbocycles. The number of hydrogen-bond acceptors (Lipinski definition) is 3. The van der Waals surface area contributed by atoms with Crippen LogP contribution in [-0.2, 0) is 14.3 Å². The summed E-state index contributed by atoms with van der Waals surface area (Å²) in [6, 6.07) is 0. The summed E-state index contributed by atoms with van der Waals surface area (Å²) in [6.07, 6.45) is -2.66. The van der Waals surface area contributed by atoms with Crippen LogP contribution < -0.4 is 0 Å². The van der Waals surface area contributed by atoms with E-state index in [1.807, 2.05) is 0 Å². The molecule has 3 nitrogen and oxygen atoms in total. The Morgan fingerprint density at radius 2 is 2.22 bits per heavy atom. The lowest BCUT2D eigenvalue weighted by Gasteiger charge is -1.98. The Bertz CT molecular complexity index is 107. The molecule has 1 heterocycles. The Balaban J connectivity index is 2.43. The fourth-order valence-corrected chi connectivity index (χ4v) is 0.608. The Kier molecular flexibility index (Phi) is 1.78. The molecule has 0 bridgehead atoms. The lowest BCUT2D eigenvalue weighted by Crippen LogP contribution is -2.11. The van der Waals surface area contributed by atoms with Gasteiger partial charge in [-0.25, -0.2) is 4.39 Å². The quantitative estimate of drug-likeness (QED) is 0.482. The first-order chi connectivity index (χ1) is 4.24. The number of carbonyl (C=O) groups is 1. The molecular weight excluding hydrogens is 127 g/mol. The van der Waals surface area contributed by atoms with Crippen LogP contribution in [0.15, 0.2) is 0 Å². The Hall–Kier alpha value is -0.480. The summed E-state index contributed by atoms with van der Waals surface area (Å²) in [4.78, 5) is 9.88. The maximum absolute atomic E-state index is 12.2. The van der Waals surface area contributed by atoms with Gasteiger partial charge in [-0.3, -0.25) is 4.79 Å². The number of carbonyl (C=O) groups excluding carboxylic acids is 1. The summed E-state index contributed by atoms with van der Waals surface area (Å²) in [5.41, 5.74) is 0. The summed E-state index contributed by atoms with van der Waals surface area (Å²) in [7, 11) is 0. The predicted octanol–water partition coefficient (Wildman–Crippen LogP) is 0.242. The summed E-state index contributed by atoms with van der Waals surface area (Å²) < 4.78 is 21.3. The van der Waals surface area contributed by atoms with Gasteiger partial charge in [-0.05, 0) is 6.92 Å². The maximum Gasteiger partial charge on any atom is 0.227 e. The van der Waals surface area contributed by atoms with Crippen molar-refractivity contribution in [3.8, 4) is 0 Å². The van der Waals surface area contributed by atoms with E-state index in [9.17, 15) is 9.18 Å². The fourth-order valence-electron chi connectivity index (χ4n) is 0.608. The van der Waals surface area contributed by atoms with Gasteiger partial charge in [-0.15, -0.1) is 0 Å². The van der Waals surface area contributed by atoms with Gasteiger partial charge in [0.05, 0.1) is 0 Å². The van der Waals surface area contributed by atoms with E-state index in [1.54, 1.807) is 0 Å². The number of hydrogen-bond donors (Lipinski definition) is 0. The van der Waals surface area contributed by atoms with Gasteiger partial charge in [-0.1, -0.05) is 0 Å². The van der Waals surface area contributed by atoms with Crippen LogP contribution in [0.3, 0.4) is 0 Å². The molecule has 0 N–H and O–H groups in total.